The fourth-order valence-corrected chi connectivity index (χ4v) is 2.69. The van der Waals surface area contributed by atoms with E-state index in [1.807, 2.05) is 0 Å². The summed E-state index contributed by atoms with van der Waals surface area (Å²) < 4.78 is 18.3. The first-order valence-corrected chi connectivity index (χ1v) is 8.05. The average Bonchev–Trinajstić information content (AvgIpc) is 2.65. The molecule has 3 rings (SSSR count). The summed E-state index contributed by atoms with van der Waals surface area (Å²) in [4.78, 5) is 37.7. The Morgan fingerprint density at radius 1 is 1.30 bits per heavy atom. The number of ether oxygens (including phenoxy) is 1. The summed E-state index contributed by atoms with van der Waals surface area (Å²) in [7, 11) is 1.56. The molecule has 0 aliphatic carbocycles. The molecule has 1 aliphatic rings. The second-order valence-electron chi connectivity index (χ2n) is 6.05. The number of non-ortho nitro benzene ring substituents is 1. The summed E-state index contributed by atoms with van der Waals surface area (Å²) in [5.41, 5.74) is 0.713. The van der Waals surface area contributed by atoms with E-state index in [1.165, 1.54) is 40.1 Å². The lowest BCUT2D eigenvalue weighted by atomic mass is 10.2. The van der Waals surface area contributed by atoms with Gasteiger partial charge in [0.05, 0.1) is 10.6 Å². The second-order valence-corrected chi connectivity index (χ2v) is 6.05. The molecule has 0 fully saturated rings. The quantitative estimate of drug-likeness (QED) is 0.591. The maximum Gasteiger partial charge on any atom is 0.271 e. The standard InChI is InChI=1S/C18H16FN3O5/c1-20(9-12-2-4-13(19)5-3-12)17(23)10-21-15-8-14(22(25)26)6-7-16(15)27-11-18(21)24/h2-8H,9-11H2,1H3. The molecule has 0 atom stereocenters. The summed E-state index contributed by atoms with van der Waals surface area (Å²) in [6.07, 6.45) is 0. The molecule has 1 heterocycles. The van der Waals surface area contributed by atoms with Crippen LogP contribution in [-0.4, -0.2) is 41.8 Å². The van der Waals surface area contributed by atoms with Gasteiger partial charge in [0.25, 0.3) is 11.6 Å². The minimum atomic E-state index is -0.583. The van der Waals surface area contributed by atoms with Crippen LogP contribution in [0.1, 0.15) is 5.56 Å². The van der Waals surface area contributed by atoms with E-state index in [0.717, 1.165) is 5.56 Å². The van der Waals surface area contributed by atoms with Gasteiger partial charge in [-0.25, -0.2) is 4.39 Å². The Morgan fingerprint density at radius 2 is 2.00 bits per heavy atom. The molecule has 0 N–H and O–H groups in total. The second kappa shape index (κ2) is 7.40. The summed E-state index contributed by atoms with van der Waals surface area (Å²) in [5, 5.41) is 11.0. The SMILES string of the molecule is CN(Cc1ccc(F)cc1)C(=O)CN1C(=O)COc2ccc([N+](=O)[O-])cc21. The molecule has 140 valence electrons. The maximum atomic E-state index is 13.0. The van der Waals surface area contributed by atoms with Gasteiger partial charge in [-0.2, -0.15) is 0 Å². The minimum Gasteiger partial charge on any atom is -0.482 e. The van der Waals surface area contributed by atoms with E-state index in [0.29, 0.717) is 5.75 Å². The number of nitrogens with zero attached hydrogens (tertiary/aromatic N) is 3. The molecular formula is C18H16FN3O5. The summed E-state index contributed by atoms with van der Waals surface area (Å²) in [6.45, 7) is -0.298. The number of benzene rings is 2. The van der Waals surface area contributed by atoms with Gasteiger partial charge in [0.1, 0.15) is 18.1 Å². The Kier molecular flexibility index (Phi) is 5.02. The van der Waals surface area contributed by atoms with Gasteiger partial charge in [-0.1, -0.05) is 12.1 Å². The monoisotopic (exact) mass is 373 g/mol. The number of nitro groups is 1. The molecule has 0 saturated heterocycles. The Labute approximate surface area is 153 Å². The van der Waals surface area contributed by atoms with E-state index in [2.05, 4.69) is 0 Å². The van der Waals surface area contributed by atoms with E-state index < -0.39 is 10.8 Å². The highest BCUT2D eigenvalue weighted by Gasteiger charge is 2.30. The van der Waals surface area contributed by atoms with Crippen LogP contribution in [0.15, 0.2) is 42.5 Å². The van der Waals surface area contributed by atoms with Crippen molar-refractivity contribution < 1.29 is 23.6 Å². The molecule has 0 radical (unpaired) electrons. The Morgan fingerprint density at radius 3 is 2.67 bits per heavy atom. The van der Waals surface area contributed by atoms with Crippen LogP contribution in [0.4, 0.5) is 15.8 Å². The first-order chi connectivity index (χ1) is 12.8. The summed E-state index contributed by atoms with van der Waals surface area (Å²) >= 11 is 0. The minimum absolute atomic E-state index is 0.184. The number of anilines is 1. The molecule has 2 aromatic rings. The largest absolute Gasteiger partial charge is 0.482 e. The molecule has 0 unspecified atom stereocenters. The fraction of sp³-hybridized carbons (Fsp3) is 0.222. The van der Waals surface area contributed by atoms with E-state index in [-0.39, 0.29) is 42.8 Å². The highest BCUT2D eigenvalue weighted by Crippen LogP contribution is 2.35. The number of likely N-dealkylation sites (N-methyl/N-ethyl adjacent to an activating group) is 1. The third kappa shape index (κ3) is 4.02. The first-order valence-electron chi connectivity index (χ1n) is 8.05. The normalized spacial score (nSPS) is 13.0. The van der Waals surface area contributed by atoms with Gasteiger partial charge in [-0.15, -0.1) is 0 Å². The number of carbonyl (C=O) groups excluding carboxylic acids is 2. The highest BCUT2D eigenvalue weighted by molar-refractivity contribution is 6.02. The topological polar surface area (TPSA) is 93.0 Å². The fourth-order valence-electron chi connectivity index (χ4n) is 2.69. The van der Waals surface area contributed by atoms with Gasteiger partial charge >= 0.3 is 0 Å². The molecule has 2 aromatic carbocycles. The number of nitro benzene ring substituents is 1. The highest BCUT2D eigenvalue weighted by atomic mass is 19.1. The van der Waals surface area contributed by atoms with E-state index in [1.54, 1.807) is 19.2 Å². The van der Waals surface area contributed by atoms with Gasteiger partial charge in [0.15, 0.2) is 6.61 Å². The number of hydrogen-bond acceptors (Lipinski definition) is 5. The average molecular weight is 373 g/mol. The number of hydrogen-bond donors (Lipinski definition) is 0. The zero-order chi connectivity index (χ0) is 19.6. The van der Waals surface area contributed by atoms with E-state index in [4.69, 9.17) is 4.74 Å². The zero-order valence-electron chi connectivity index (χ0n) is 14.4. The molecular weight excluding hydrogens is 357 g/mol. The van der Waals surface area contributed by atoms with Crippen LogP contribution in [0.3, 0.4) is 0 Å². The maximum absolute atomic E-state index is 13.0. The Balaban J connectivity index is 1.77. The van der Waals surface area contributed by atoms with Gasteiger partial charge in [0, 0.05) is 25.7 Å². The van der Waals surface area contributed by atoms with Crippen molar-refractivity contribution in [3.05, 3.63) is 64.0 Å². The summed E-state index contributed by atoms with van der Waals surface area (Å²) in [6, 6.07) is 9.62. The van der Waals surface area contributed by atoms with Crippen LogP contribution in [0.5, 0.6) is 5.75 Å². The van der Waals surface area contributed by atoms with Crippen LogP contribution in [0.2, 0.25) is 0 Å². The van der Waals surface area contributed by atoms with Crippen molar-refractivity contribution in [3.8, 4) is 5.75 Å². The number of fused-ring (bicyclic) bond motifs is 1. The molecule has 0 spiro atoms. The van der Waals surface area contributed by atoms with Crippen LogP contribution >= 0.6 is 0 Å². The van der Waals surface area contributed by atoms with Crippen molar-refractivity contribution in [1.82, 2.24) is 4.90 Å². The molecule has 2 amide bonds. The molecule has 1 aliphatic heterocycles. The van der Waals surface area contributed by atoms with Crippen molar-refractivity contribution in [2.75, 3.05) is 25.1 Å². The van der Waals surface area contributed by atoms with Gasteiger partial charge in [-0.05, 0) is 23.8 Å². The lowest BCUT2D eigenvalue weighted by Gasteiger charge is -2.30. The van der Waals surface area contributed by atoms with Gasteiger partial charge in [-0.3, -0.25) is 24.6 Å². The van der Waals surface area contributed by atoms with E-state index in [9.17, 15) is 24.1 Å². The third-order valence-corrected chi connectivity index (χ3v) is 4.15. The van der Waals surface area contributed by atoms with Crippen molar-refractivity contribution >= 4 is 23.2 Å². The molecule has 27 heavy (non-hydrogen) atoms. The number of rotatable bonds is 5. The number of halogens is 1. The van der Waals surface area contributed by atoms with Crippen molar-refractivity contribution in [2.24, 2.45) is 0 Å². The molecule has 0 saturated carbocycles. The van der Waals surface area contributed by atoms with Gasteiger partial charge < -0.3 is 9.64 Å². The molecule has 9 heteroatoms. The first kappa shape index (κ1) is 18.3. The van der Waals surface area contributed by atoms with Gasteiger partial charge in [0.2, 0.25) is 5.91 Å². The lowest BCUT2D eigenvalue weighted by molar-refractivity contribution is -0.384. The molecule has 0 bridgehead atoms. The molecule has 0 aromatic heterocycles. The van der Waals surface area contributed by atoms with Crippen molar-refractivity contribution in [2.45, 2.75) is 6.54 Å². The number of carbonyl (C=O) groups is 2. The van der Waals surface area contributed by atoms with E-state index >= 15 is 0 Å². The molecule has 8 nitrogen and oxygen atoms in total. The van der Waals surface area contributed by atoms with Crippen LogP contribution in [0, 0.1) is 15.9 Å². The van der Waals surface area contributed by atoms with Crippen LogP contribution in [-0.2, 0) is 16.1 Å². The Hall–Kier alpha value is -3.49. The predicted octanol–water partition coefficient (Wildman–Crippen LogP) is 2.12. The van der Waals surface area contributed by atoms with Crippen molar-refractivity contribution in [3.63, 3.8) is 0 Å². The lowest BCUT2D eigenvalue weighted by Crippen LogP contribution is -2.45. The van der Waals surface area contributed by atoms with Crippen LogP contribution in [0.25, 0.3) is 0 Å². The smallest absolute Gasteiger partial charge is 0.271 e. The Bertz CT molecular complexity index is 900. The van der Waals surface area contributed by atoms with Crippen molar-refractivity contribution in [1.29, 1.82) is 0 Å². The zero-order valence-corrected chi connectivity index (χ0v) is 14.4. The third-order valence-electron chi connectivity index (χ3n) is 4.15. The van der Waals surface area contributed by atoms with Crippen LogP contribution < -0.4 is 9.64 Å². The predicted molar refractivity (Wildman–Crippen MR) is 93.8 cm³/mol. The number of amides is 2. The summed E-state index contributed by atoms with van der Waals surface area (Å²) in [5.74, 6) is -0.905.